The van der Waals surface area contributed by atoms with E-state index in [9.17, 15) is 86.2 Å². The van der Waals surface area contributed by atoms with E-state index in [1.807, 2.05) is 0 Å². The first-order valence-corrected chi connectivity index (χ1v) is 39.5. The molecule has 0 radical (unpaired) electrons. The van der Waals surface area contributed by atoms with E-state index in [4.69, 9.17) is 52.4 Å². The van der Waals surface area contributed by atoms with Crippen LogP contribution in [0.2, 0.25) is 0 Å². The molecule has 0 aliphatic rings. The number of halogens is 12. The number of aliphatic imine (C=N–C) groups is 2. The minimum Gasteiger partial charge on any atom is -0.457 e. The summed E-state index contributed by atoms with van der Waals surface area (Å²) < 4.78 is 195. The highest BCUT2D eigenvalue weighted by atomic mass is 32.2. The number of unbranched alkanes of at least 4 members (excludes halogenated alkanes) is 2. The highest BCUT2D eigenvalue weighted by Gasteiger charge is 2.37. The zero-order chi connectivity index (χ0) is 90.6. The van der Waals surface area contributed by atoms with Crippen LogP contribution in [-0.4, -0.2) is 108 Å². The summed E-state index contributed by atoms with van der Waals surface area (Å²) in [5.41, 5.74) is 20.9. The summed E-state index contributed by atoms with van der Waals surface area (Å²) in [6, 6.07) is 20.8. The highest BCUT2D eigenvalue weighted by Crippen LogP contribution is 2.42. The van der Waals surface area contributed by atoms with Crippen LogP contribution in [0, 0.1) is 0 Å². The molecule has 0 aromatic heterocycles. The summed E-state index contributed by atoms with van der Waals surface area (Å²) in [4.78, 5) is 97.9. The van der Waals surface area contributed by atoms with Crippen molar-refractivity contribution in [2.75, 3.05) is 43.0 Å². The lowest BCUT2D eigenvalue weighted by Gasteiger charge is -2.21. The predicted octanol–water partition coefficient (Wildman–Crippen LogP) is 17.1. The van der Waals surface area contributed by atoms with Gasteiger partial charge in [-0.1, -0.05) is 37.4 Å². The molecule has 3 amide bonds. The van der Waals surface area contributed by atoms with Crippen LogP contribution in [0.1, 0.15) is 156 Å². The molecule has 0 bridgehead atoms. The highest BCUT2D eigenvalue weighted by molar-refractivity contribution is 7.99. The number of anilines is 1. The Labute approximate surface area is 701 Å². The maximum absolute atomic E-state index is 14.5. The Kier molecular flexibility index (Phi) is 37.3. The third kappa shape index (κ3) is 38.9. The second-order valence-corrected chi connectivity index (χ2v) is 32.6. The number of alkyl carbamates (subject to hydrolysis) is 3. The number of ketones is 4. The molecule has 6 aromatic carbocycles. The quantitative estimate of drug-likeness (QED) is 0.00428. The van der Waals surface area contributed by atoms with Crippen molar-refractivity contribution >= 4 is 88.2 Å². The van der Waals surface area contributed by atoms with E-state index < -0.39 is 119 Å². The zero-order valence-electron chi connectivity index (χ0n) is 68.1. The fraction of sp³-hybridized carbons (Fsp3) is 0.410. The van der Waals surface area contributed by atoms with Gasteiger partial charge in [-0.25, -0.2) is 19.4 Å². The molecule has 0 unspecified atom stereocenters. The summed E-state index contributed by atoms with van der Waals surface area (Å²) in [7, 11) is 0. The van der Waals surface area contributed by atoms with Gasteiger partial charge in [0.2, 0.25) is 0 Å². The summed E-state index contributed by atoms with van der Waals surface area (Å²) in [5.74, 6) is -2.16. The lowest BCUT2D eigenvalue weighted by atomic mass is 9.95. The van der Waals surface area contributed by atoms with Gasteiger partial charge >= 0.3 is 43.0 Å². The first-order chi connectivity index (χ1) is 56.1. The molecule has 15 N–H and O–H groups in total. The van der Waals surface area contributed by atoms with Crippen molar-refractivity contribution < 1.29 is 110 Å². The molecule has 6 rings (SSSR count). The first-order valence-electron chi connectivity index (χ1n) is 37.6. The van der Waals surface area contributed by atoms with Crippen LogP contribution in [0.25, 0.3) is 0 Å². The van der Waals surface area contributed by atoms with Gasteiger partial charge in [0.15, 0.2) is 11.9 Å². The molecule has 0 aliphatic heterocycles. The van der Waals surface area contributed by atoms with Gasteiger partial charge in [-0.3, -0.25) is 34.8 Å². The second-order valence-electron chi connectivity index (χ2n) is 30.3. The number of nitrogens with one attached hydrogen (secondary N) is 5. The Morgan fingerprint density at radius 1 is 0.421 bits per heavy atom. The molecular formula is C83H100F12N12O12S2. The Morgan fingerprint density at radius 2 is 0.826 bits per heavy atom. The van der Waals surface area contributed by atoms with E-state index in [1.54, 1.807) is 68.4 Å². The number of rotatable bonds is 39. The van der Waals surface area contributed by atoms with Crippen LogP contribution in [0.4, 0.5) is 78.4 Å². The molecule has 0 saturated carbocycles. The molecule has 0 heterocycles. The van der Waals surface area contributed by atoms with E-state index >= 15 is 0 Å². The Balaban J connectivity index is 0.000000457. The normalized spacial score (nSPS) is 11.8. The van der Waals surface area contributed by atoms with E-state index in [0.717, 1.165) is 72.1 Å². The number of benzene rings is 6. The molecule has 0 spiro atoms. The number of amides is 3. The van der Waals surface area contributed by atoms with Gasteiger partial charge in [0.25, 0.3) is 0 Å². The minimum atomic E-state index is -4.86. The Morgan fingerprint density at radius 3 is 1.26 bits per heavy atom. The largest absolute Gasteiger partial charge is 0.457 e. The molecule has 0 fully saturated rings. The van der Waals surface area contributed by atoms with Crippen molar-refractivity contribution in [2.45, 2.75) is 191 Å². The number of hydrogen-bond acceptors (Lipinski definition) is 19. The number of alkyl halides is 12. The average Bonchev–Trinajstić information content (AvgIpc) is 0.804. The minimum absolute atomic E-state index is 0.000197. The average molecular weight is 1750 g/mol. The maximum Gasteiger partial charge on any atom is 0.416 e. The van der Waals surface area contributed by atoms with Crippen molar-refractivity contribution in [3.8, 4) is 23.0 Å². The van der Waals surface area contributed by atoms with Gasteiger partial charge < -0.3 is 68.3 Å². The van der Waals surface area contributed by atoms with Crippen molar-refractivity contribution in [3.63, 3.8) is 0 Å². The Hall–Kier alpha value is -11.2. The lowest BCUT2D eigenvalue weighted by molar-refractivity contribution is -0.138. The third-order valence-corrected chi connectivity index (χ3v) is 18.3. The van der Waals surface area contributed by atoms with Gasteiger partial charge in [-0.2, -0.15) is 52.7 Å². The van der Waals surface area contributed by atoms with Crippen LogP contribution in [0.3, 0.4) is 0 Å². The van der Waals surface area contributed by atoms with Crippen molar-refractivity contribution in [1.29, 1.82) is 0 Å². The molecule has 6 aromatic rings. The maximum atomic E-state index is 14.5. The SMILES string of the molecule is C=C(NCCCCC(=O)Cc1cc(C(F)(F)F)cc(CC(=O)Cc2cccc(Oc3cc(NC(=C)NC(=O)OC(C)(C)C)cc(C(F)(F)F)c3)c2)c1SCCNC(=O)OC(C)(C)C)NC(=O)OC(C)(C)C.NCCSc1c(CC(=O)CCCCN=C(N)N)cc(C(F)(F)F)cc1CC(=O)Cc1cccc(Oc2cc(N=C(N)N)cc(C(F)(F)F)c2)c1. The molecule has 0 aliphatic carbocycles. The van der Waals surface area contributed by atoms with Gasteiger partial charge in [-0.15, -0.1) is 23.5 Å². The number of Topliss-reactive ketones (excluding diaryl/α,β-unsaturated/α-hetero) is 4. The van der Waals surface area contributed by atoms with E-state index in [1.165, 1.54) is 54.6 Å². The summed E-state index contributed by atoms with van der Waals surface area (Å²) in [6.45, 7) is 23.2. The smallest absolute Gasteiger partial charge is 0.416 e. The van der Waals surface area contributed by atoms with Crippen LogP contribution in [-0.2, 0) is 96.6 Å². The van der Waals surface area contributed by atoms with Gasteiger partial charge in [0.05, 0.1) is 27.9 Å². The lowest BCUT2D eigenvalue weighted by Crippen LogP contribution is -2.36. The molecule has 660 valence electrons. The monoisotopic (exact) mass is 1750 g/mol. The molecule has 0 atom stereocenters. The van der Waals surface area contributed by atoms with Gasteiger partial charge in [0, 0.05) is 117 Å². The number of carbonyl (C=O) groups excluding carboxylic acids is 7. The fourth-order valence-corrected chi connectivity index (χ4v) is 13.2. The number of ether oxygens (including phenoxy) is 5. The Bertz CT molecular complexity index is 4700. The second kappa shape index (κ2) is 44.9. The first kappa shape index (κ1) is 100. The van der Waals surface area contributed by atoms with Gasteiger partial charge in [0.1, 0.15) is 74.6 Å². The van der Waals surface area contributed by atoms with Crippen molar-refractivity contribution in [3.05, 3.63) is 190 Å². The van der Waals surface area contributed by atoms with E-state index in [2.05, 4.69) is 49.7 Å². The number of thioether (sulfide) groups is 2. The van der Waals surface area contributed by atoms with Crippen LogP contribution < -0.4 is 64.7 Å². The molecule has 24 nitrogen and oxygen atoms in total. The standard InChI is InChI=1S/C50H63F6N5O9S.C33H37F6N7O3S/c1-30(60-44(65)69-47(6,7)8)57-18-13-12-16-38(62)25-33-23-35(49(51,52)53)24-34(42(33)71-20-19-58-43(64)68-46(3,4)5)26-39(63)21-32-15-14-17-40(22-32)67-41-28-36(50(54,55)56)27-37(29-41)59-31(2)61-45(66)70-48(9,10)11;34-32(35,36)22-12-20(14-25(47)5-1-2-8-45-30(41)42)29(50-9-7-40)21(13-22)15-26(48)10-19-4-3-6-27(11-19)49-28-17-23(33(37,38)39)16-24(18-28)46-31(43)44/h14-15,17,22-24,27-29,57,59H,1-2,12-13,16,18-21,25-26H2,3-11H3,(H,58,64)(H,60,65)(H,61,66);3-4,6,11-13,16-18H,1-2,5,7-10,14-15,40H2,(H4,41,42,45)(H4,43,44,46). The molecular weight excluding hydrogens is 1650 g/mol. The zero-order valence-corrected chi connectivity index (χ0v) is 69.7. The number of nitrogens with zero attached hydrogens (tertiary/aromatic N) is 2. The number of nitrogens with two attached hydrogens (primary N) is 5. The van der Waals surface area contributed by atoms with Crippen LogP contribution in [0.5, 0.6) is 23.0 Å². The molecule has 121 heavy (non-hydrogen) atoms. The summed E-state index contributed by atoms with van der Waals surface area (Å²) in [6.07, 6.45) is -21.8. The molecule has 38 heteroatoms. The van der Waals surface area contributed by atoms with Gasteiger partial charge in [-0.05, 0) is 194 Å². The van der Waals surface area contributed by atoms with Crippen molar-refractivity contribution in [2.24, 2.45) is 38.7 Å². The fourth-order valence-electron chi connectivity index (χ4n) is 11.2. The van der Waals surface area contributed by atoms with Crippen LogP contribution in [0.15, 0.2) is 154 Å². The summed E-state index contributed by atoms with van der Waals surface area (Å²) in [5, 5.41) is 12.8. The van der Waals surface area contributed by atoms with Crippen LogP contribution >= 0.6 is 23.5 Å². The number of carbonyl (C=O) groups is 7. The van der Waals surface area contributed by atoms with E-state index in [-0.39, 0.29) is 142 Å². The van der Waals surface area contributed by atoms with E-state index in [0.29, 0.717) is 60.5 Å². The van der Waals surface area contributed by atoms with Crippen molar-refractivity contribution in [1.82, 2.24) is 21.3 Å². The number of hydrogen-bond donors (Lipinski definition) is 10. The topological polar surface area (TPSA) is 381 Å². The summed E-state index contributed by atoms with van der Waals surface area (Å²) >= 11 is 2.22. The predicted molar refractivity (Wildman–Crippen MR) is 438 cm³/mol. The molecule has 0 saturated heterocycles. The third-order valence-electron chi connectivity index (χ3n) is 15.8. The number of guanidine groups is 2.